The number of hydrogen-bond acceptors (Lipinski definition) is 10. The van der Waals surface area contributed by atoms with Gasteiger partial charge in [0.05, 0.1) is 27.8 Å². The van der Waals surface area contributed by atoms with Crippen LogP contribution in [-0.2, 0) is 23.1 Å². The van der Waals surface area contributed by atoms with Crippen molar-refractivity contribution in [2.45, 2.75) is 62.6 Å². The molecule has 1 unspecified atom stereocenters. The summed E-state index contributed by atoms with van der Waals surface area (Å²) in [4.78, 5) is 43.6. The number of carbonyl (C=O) groups is 3. The maximum atomic E-state index is 13.2. The van der Waals surface area contributed by atoms with Gasteiger partial charge in [-0.2, -0.15) is 10.5 Å². The number of carbonyl (C=O) groups excluding carboxylic acids is 3. The van der Waals surface area contributed by atoms with Crippen LogP contribution in [0, 0.1) is 17.2 Å². The maximum absolute atomic E-state index is 13.2. The van der Waals surface area contributed by atoms with Gasteiger partial charge in [-0.15, -0.1) is 32.9 Å². The first-order chi connectivity index (χ1) is 19.8. The van der Waals surface area contributed by atoms with E-state index >= 15 is 0 Å². The predicted octanol–water partition coefficient (Wildman–Crippen LogP) is 1.36. The molecule has 6 rings (SSSR count). The largest absolute Gasteiger partial charge is 0.354 e. The average Bonchev–Trinajstić information content (AvgIpc) is 3.48. The first-order valence-corrected chi connectivity index (χ1v) is 15.3. The van der Waals surface area contributed by atoms with Crippen molar-refractivity contribution in [1.82, 2.24) is 41.5 Å². The van der Waals surface area contributed by atoms with Gasteiger partial charge in [0.15, 0.2) is 5.82 Å². The van der Waals surface area contributed by atoms with Crippen molar-refractivity contribution in [3.63, 3.8) is 0 Å². The molecule has 3 amide bonds. The highest BCUT2D eigenvalue weighted by Gasteiger charge is 2.54. The Morgan fingerprint density at radius 3 is 2.61 bits per heavy atom. The van der Waals surface area contributed by atoms with Gasteiger partial charge in [-0.05, 0) is 68.2 Å². The van der Waals surface area contributed by atoms with Gasteiger partial charge >= 0.3 is 0 Å². The number of piperidine rings is 1. The van der Waals surface area contributed by atoms with Crippen LogP contribution in [0.15, 0.2) is 12.1 Å². The molecule has 3 aliphatic rings. The number of aromatic amines is 1. The van der Waals surface area contributed by atoms with Crippen molar-refractivity contribution in [2.75, 3.05) is 20.6 Å². The molecule has 4 heterocycles. The fourth-order valence-electron chi connectivity index (χ4n) is 6.47. The molecule has 1 saturated heterocycles. The Labute approximate surface area is 244 Å². The number of nitrogens with one attached hydrogen (secondary N) is 4. The van der Waals surface area contributed by atoms with Crippen LogP contribution in [0.1, 0.15) is 72.2 Å². The molecule has 214 valence electrons. The topological polar surface area (TPSA) is 169 Å². The quantitative estimate of drug-likeness (QED) is 0.304. The normalized spacial score (nSPS) is 24.8. The summed E-state index contributed by atoms with van der Waals surface area (Å²) in [5.74, 6) is 0.481. The summed E-state index contributed by atoms with van der Waals surface area (Å²) in [5.41, 5.74) is 1.02. The summed E-state index contributed by atoms with van der Waals surface area (Å²) < 4.78 is 0. The highest BCUT2D eigenvalue weighted by Crippen LogP contribution is 2.51. The van der Waals surface area contributed by atoms with E-state index in [0.29, 0.717) is 40.8 Å². The van der Waals surface area contributed by atoms with E-state index in [-0.39, 0.29) is 42.4 Å². The average molecular weight is 594 g/mol. The number of rotatable bonds is 8. The molecule has 2 fully saturated rings. The lowest BCUT2D eigenvalue weighted by Gasteiger charge is -2.34. The zero-order chi connectivity index (χ0) is 28.9. The molecule has 1 saturated carbocycles. The predicted molar refractivity (Wildman–Crippen MR) is 152 cm³/mol. The van der Waals surface area contributed by atoms with E-state index in [1.807, 2.05) is 19.1 Å². The Bertz CT molecular complexity index is 1480. The lowest BCUT2D eigenvalue weighted by atomic mass is 9.73. The molecule has 5 atom stereocenters. The fraction of sp³-hybridized carbons (Fsp3) is 0.519. The monoisotopic (exact) mass is 593 g/mol. The van der Waals surface area contributed by atoms with E-state index in [0.717, 1.165) is 33.7 Å². The SMILES string of the molecule is CNC(=O)c1cc2c(s1)CCc1cc(C(=O)NC)sc1C2(C[C@@H](C)NCC(=O)N1[C@H](C#N)C[C@@H]2C[C@@H]21)c1nn[nH]n1. The van der Waals surface area contributed by atoms with Gasteiger partial charge in [0.1, 0.15) is 6.04 Å². The van der Waals surface area contributed by atoms with Crippen molar-refractivity contribution in [2.24, 2.45) is 5.92 Å². The third-order valence-electron chi connectivity index (χ3n) is 8.47. The summed E-state index contributed by atoms with van der Waals surface area (Å²) in [6.45, 7) is 2.11. The standard InChI is InChI=1S/C27H31N9O3S2/c1-13(31-12-22(37)36-16(11-28)6-15-7-18(15)36)10-27(26-32-34-35-33-26)17-9-21(25(39)30-3)40-19(17)5-4-14-8-20(24(38)29-2)41-23(14)27/h8-9,13,15-16,18,31H,4-7,10,12H2,1-3H3,(H,29,38)(H,30,39)(H,32,33,34,35)/t13-,15-,16+,18+,27?/m1/s1. The highest BCUT2D eigenvalue weighted by molar-refractivity contribution is 7.15. The fourth-order valence-corrected chi connectivity index (χ4v) is 9.02. The van der Waals surface area contributed by atoms with E-state index in [2.05, 4.69) is 42.6 Å². The van der Waals surface area contributed by atoms with Gasteiger partial charge in [0, 0.05) is 35.9 Å². The van der Waals surface area contributed by atoms with Gasteiger partial charge in [-0.1, -0.05) is 5.21 Å². The lowest BCUT2D eigenvalue weighted by Crippen LogP contribution is -2.46. The minimum Gasteiger partial charge on any atom is -0.354 e. The van der Waals surface area contributed by atoms with Crippen LogP contribution in [0.4, 0.5) is 0 Å². The van der Waals surface area contributed by atoms with Crippen LogP contribution in [0.3, 0.4) is 0 Å². The number of H-pyrrole nitrogens is 1. The highest BCUT2D eigenvalue weighted by atomic mass is 32.1. The van der Waals surface area contributed by atoms with Crippen LogP contribution < -0.4 is 16.0 Å². The molecule has 1 aliphatic heterocycles. The Morgan fingerprint density at radius 1 is 1.17 bits per heavy atom. The van der Waals surface area contributed by atoms with E-state index in [1.54, 1.807) is 19.0 Å². The Balaban J connectivity index is 1.39. The molecule has 4 N–H and O–H groups in total. The second kappa shape index (κ2) is 10.6. The van der Waals surface area contributed by atoms with Gasteiger partial charge in [-0.3, -0.25) is 14.4 Å². The molecule has 12 nitrogen and oxygen atoms in total. The molecular formula is C27H31N9O3S2. The first kappa shape index (κ1) is 27.5. The molecule has 0 radical (unpaired) electrons. The summed E-state index contributed by atoms with van der Waals surface area (Å²) in [6.07, 6.45) is 3.57. The van der Waals surface area contributed by atoms with E-state index in [9.17, 15) is 19.6 Å². The molecule has 3 aromatic heterocycles. The minimum atomic E-state index is -0.923. The number of nitriles is 1. The first-order valence-electron chi connectivity index (χ1n) is 13.7. The smallest absolute Gasteiger partial charge is 0.261 e. The Morgan fingerprint density at radius 2 is 1.93 bits per heavy atom. The molecule has 0 spiro atoms. The number of nitrogens with zero attached hydrogens (tertiary/aromatic N) is 5. The van der Waals surface area contributed by atoms with Crippen molar-refractivity contribution < 1.29 is 14.4 Å². The molecule has 3 aromatic rings. The summed E-state index contributed by atoms with van der Waals surface area (Å²) in [6, 6.07) is 5.76. The minimum absolute atomic E-state index is 0.0697. The van der Waals surface area contributed by atoms with Gasteiger partial charge in [0.2, 0.25) is 5.91 Å². The van der Waals surface area contributed by atoms with Crippen molar-refractivity contribution >= 4 is 40.4 Å². The molecule has 14 heteroatoms. The second-order valence-corrected chi connectivity index (χ2v) is 13.1. The number of amides is 3. The summed E-state index contributed by atoms with van der Waals surface area (Å²) in [7, 11) is 3.22. The zero-order valence-electron chi connectivity index (χ0n) is 23.0. The molecular weight excluding hydrogens is 562 g/mol. The number of tetrazole rings is 1. The molecule has 0 bridgehead atoms. The number of aryl methyl sites for hydroxylation is 2. The molecule has 2 aliphatic carbocycles. The second-order valence-electron chi connectivity index (χ2n) is 10.9. The van der Waals surface area contributed by atoms with Crippen LogP contribution in [0.2, 0.25) is 0 Å². The van der Waals surface area contributed by atoms with E-state index in [1.165, 1.54) is 22.7 Å². The van der Waals surface area contributed by atoms with Crippen molar-refractivity contribution in [3.05, 3.63) is 48.6 Å². The number of aromatic nitrogens is 4. The molecule has 41 heavy (non-hydrogen) atoms. The van der Waals surface area contributed by atoms with Crippen LogP contribution in [0.25, 0.3) is 0 Å². The molecule has 0 aromatic carbocycles. The number of fused-ring (bicyclic) bond motifs is 3. The Hall–Kier alpha value is -3.67. The van der Waals surface area contributed by atoms with Gasteiger partial charge < -0.3 is 20.9 Å². The van der Waals surface area contributed by atoms with E-state index < -0.39 is 5.41 Å². The zero-order valence-corrected chi connectivity index (χ0v) is 24.6. The van der Waals surface area contributed by atoms with Crippen LogP contribution in [-0.4, -0.2) is 82.0 Å². The lowest BCUT2D eigenvalue weighted by molar-refractivity contribution is -0.131. The number of hydrogen-bond donors (Lipinski definition) is 4. The van der Waals surface area contributed by atoms with Crippen LogP contribution >= 0.6 is 22.7 Å². The summed E-state index contributed by atoms with van der Waals surface area (Å²) >= 11 is 2.86. The summed E-state index contributed by atoms with van der Waals surface area (Å²) in [5, 5.41) is 33.8. The van der Waals surface area contributed by atoms with Crippen LogP contribution in [0.5, 0.6) is 0 Å². The van der Waals surface area contributed by atoms with Gasteiger partial charge in [0.25, 0.3) is 11.8 Å². The van der Waals surface area contributed by atoms with Gasteiger partial charge in [-0.25, -0.2) is 0 Å². The number of thiophene rings is 2. The Kier molecular flexibility index (Phi) is 7.13. The maximum Gasteiger partial charge on any atom is 0.261 e. The van der Waals surface area contributed by atoms with E-state index in [4.69, 9.17) is 0 Å². The third-order valence-corrected chi connectivity index (χ3v) is 11.0. The van der Waals surface area contributed by atoms with Crippen molar-refractivity contribution in [1.29, 1.82) is 5.26 Å². The van der Waals surface area contributed by atoms with Crippen molar-refractivity contribution in [3.8, 4) is 6.07 Å². The number of likely N-dealkylation sites (tertiary alicyclic amines) is 1. The third kappa shape index (κ3) is 4.61.